The van der Waals surface area contributed by atoms with Crippen LogP contribution in [0.5, 0.6) is 0 Å². The van der Waals surface area contributed by atoms with Crippen LogP contribution in [0.25, 0.3) is 0 Å². The number of nitrogens with one attached hydrogen (secondary N) is 1. The summed E-state index contributed by atoms with van der Waals surface area (Å²) in [7, 11) is 0. The molecule has 0 aromatic heterocycles. The zero-order valence-electron chi connectivity index (χ0n) is 13.2. The molecule has 1 N–H and O–H groups in total. The van der Waals surface area contributed by atoms with E-state index in [-0.39, 0.29) is 0 Å². The highest BCUT2D eigenvalue weighted by atomic mass is 16.5. The SMILES string of the molecule is CCNCC1(CN2CCOC3CCCC32)CCCCC1. The molecule has 2 atom stereocenters. The lowest BCUT2D eigenvalue weighted by atomic mass is 9.73. The van der Waals surface area contributed by atoms with E-state index >= 15 is 0 Å². The Balaban J connectivity index is 1.65. The Morgan fingerprint density at radius 1 is 1.15 bits per heavy atom. The number of fused-ring (bicyclic) bond motifs is 1. The standard InChI is InChI=1S/C17H32N2O/c1-2-18-13-17(9-4-3-5-10-17)14-19-11-12-20-16-8-6-7-15(16)19/h15-16,18H,2-14H2,1H3. The van der Waals surface area contributed by atoms with E-state index in [4.69, 9.17) is 4.74 Å². The van der Waals surface area contributed by atoms with E-state index in [1.165, 1.54) is 64.5 Å². The Hall–Kier alpha value is -0.120. The van der Waals surface area contributed by atoms with Crippen LogP contribution in [0.3, 0.4) is 0 Å². The fourth-order valence-corrected chi connectivity index (χ4v) is 4.72. The molecule has 3 heteroatoms. The summed E-state index contributed by atoms with van der Waals surface area (Å²) in [5.41, 5.74) is 0.540. The average molecular weight is 280 g/mol. The topological polar surface area (TPSA) is 24.5 Å². The van der Waals surface area contributed by atoms with Gasteiger partial charge in [0, 0.05) is 25.7 Å². The molecule has 2 saturated carbocycles. The lowest BCUT2D eigenvalue weighted by molar-refractivity contribution is -0.0721. The van der Waals surface area contributed by atoms with Crippen LogP contribution in [0, 0.1) is 5.41 Å². The number of ether oxygens (including phenoxy) is 1. The Morgan fingerprint density at radius 2 is 2.00 bits per heavy atom. The molecule has 3 fully saturated rings. The van der Waals surface area contributed by atoms with Crippen molar-refractivity contribution in [2.45, 2.75) is 70.4 Å². The minimum Gasteiger partial charge on any atom is -0.375 e. The maximum atomic E-state index is 5.98. The van der Waals surface area contributed by atoms with Crippen molar-refractivity contribution in [3.63, 3.8) is 0 Å². The summed E-state index contributed by atoms with van der Waals surface area (Å²) in [6.45, 7) is 7.99. The third kappa shape index (κ3) is 3.20. The van der Waals surface area contributed by atoms with Crippen molar-refractivity contribution >= 4 is 0 Å². The van der Waals surface area contributed by atoms with Gasteiger partial charge in [-0.05, 0) is 44.1 Å². The molecule has 1 heterocycles. The summed E-state index contributed by atoms with van der Waals surface area (Å²) in [5, 5.41) is 3.65. The van der Waals surface area contributed by atoms with Gasteiger partial charge in [-0.3, -0.25) is 4.90 Å². The van der Waals surface area contributed by atoms with E-state index in [0.717, 1.165) is 25.7 Å². The first-order chi connectivity index (χ1) is 9.83. The highest BCUT2D eigenvalue weighted by Gasteiger charge is 2.41. The van der Waals surface area contributed by atoms with E-state index < -0.39 is 0 Å². The average Bonchev–Trinajstić information content (AvgIpc) is 2.96. The van der Waals surface area contributed by atoms with E-state index in [0.29, 0.717) is 11.5 Å². The second-order valence-corrected chi connectivity index (χ2v) is 7.22. The predicted octanol–water partition coefficient (Wildman–Crippen LogP) is 2.80. The van der Waals surface area contributed by atoms with Gasteiger partial charge < -0.3 is 10.1 Å². The molecule has 3 nitrogen and oxygen atoms in total. The molecule has 0 bridgehead atoms. The van der Waals surface area contributed by atoms with Crippen LogP contribution in [0.2, 0.25) is 0 Å². The minimum atomic E-state index is 0.540. The van der Waals surface area contributed by atoms with Crippen molar-refractivity contribution in [1.29, 1.82) is 0 Å². The maximum absolute atomic E-state index is 5.98. The Morgan fingerprint density at radius 3 is 2.80 bits per heavy atom. The van der Waals surface area contributed by atoms with Crippen LogP contribution < -0.4 is 5.32 Å². The van der Waals surface area contributed by atoms with Crippen molar-refractivity contribution in [2.75, 3.05) is 32.8 Å². The lowest BCUT2D eigenvalue weighted by Crippen LogP contribution is -2.54. The summed E-state index contributed by atoms with van der Waals surface area (Å²) in [4.78, 5) is 2.80. The smallest absolute Gasteiger partial charge is 0.0730 e. The molecule has 3 aliphatic rings. The first kappa shape index (κ1) is 14.8. The van der Waals surface area contributed by atoms with Crippen LogP contribution in [0.4, 0.5) is 0 Å². The Kier molecular flexibility index (Phi) is 5.00. The molecule has 2 aliphatic carbocycles. The molecule has 20 heavy (non-hydrogen) atoms. The minimum absolute atomic E-state index is 0.540. The van der Waals surface area contributed by atoms with Crippen LogP contribution in [-0.4, -0.2) is 49.8 Å². The molecule has 0 amide bonds. The second-order valence-electron chi connectivity index (χ2n) is 7.22. The fraction of sp³-hybridized carbons (Fsp3) is 1.00. The highest BCUT2D eigenvalue weighted by Crippen LogP contribution is 2.39. The second kappa shape index (κ2) is 6.76. The molecule has 116 valence electrons. The van der Waals surface area contributed by atoms with E-state index in [1.807, 2.05) is 0 Å². The third-order valence-electron chi connectivity index (χ3n) is 5.80. The first-order valence-corrected chi connectivity index (χ1v) is 8.89. The van der Waals surface area contributed by atoms with Crippen LogP contribution >= 0.6 is 0 Å². The monoisotopic (exact) mass is 280 g/mol. The quantitative estimate of drug-likeness (QED) is 0.838. The van der Waals surface area contributed by atoms with Crippen molar-refractivity contribution in [1.82, 2.24) is 10.2 Å². The largest absolute Gasteiger partial charge is 0.375 e. The number of rotatable bonds is 5. The van der Waals surface area contributed by atoms with Crippen molar-refractivity contribution in [3.8, 4) is 0 Å². The molecule has 0 spiro atoms. The van der Waals surface area contributed by atoms with E-state index in [1.54, 1.807) is 0 Å². The molecule has 0 aromatic rings. The summed E-state index contributed by atoms with van der Waals surface area (Å²) in [5.74, 6) is 0. The van der Waals surface area contributed by atoms with E-state index in [9.17, 15) is 0 Å². The van der Waals surface area contributed by atoms with Gasteiger partial charge in [0.15, 0.2) is 0 Å². The van der Waals surface area contributed by atoms with Gasteiger partial charge in [-0.15, -0.1) is 0 Å². The summed E-state index contributed by atoms with van der Waals surface area (Å²) in [6.07, 6.45) is 11.7. The van der Waals surface area contributed by atoms with Crippen molar-refractivity contribution in [2.24, 2.45) is 5.41 Å². The van der Waals surface area contributed by atoms with Crippen molar-refractivity contribution < 1.29 is 4.74 Å². The normalized spacial score (nSPS) is 34.0. The van der Waals surface area contributed by atoms with Gasteiger partial charge in [-0.25, -0.2) is 0 Å². The maximum Gasteiger partial charge on any atom is 0.0730 e. The highest BCUT2D eigenvalue weighted by molar-refractivity contribution is 4.94. The first-order valence-electron chi connectivity index (χ1n) is 8.89. The van der Waals surface area contributed by atoms with Gasteiger partial charge in [0.25, 0.3) is 0 Å². The predicted molar refractivity (Wildman–Crippen MR) is 83.0 cm³/mol. The molecule has 1 saturated heterocycles. The summed E-state index contributed by atoms with van der Waals surface area (Å²) >= 11 is 0. The number of nitrogens with zero attached hydrogens (tertiary/aromatic N) is 1. The lowest BCUT2D eigenvalue weighted by Gasteiger charge is -2.46. The number of hydrogen-bond donors (Lipinski definition) is 1. The molecule has 1 aliphatic heterocycles. The van der Waals surface area contributed by atoms with Crippen LogP contribution in [0.15, 0.2) is 0 Å². The number of hydrogen-bond acceptors (Lipinski definition) is 3. The summed E-state index contributed by atoms with van der Waals surface area (Å²) < 4.78 is 5.98. The molecule has 3 rings (SSSR count). The van der Waals surface area contributed by atoms with Gasteiger partial charge in [0.05, 0.1) is 12.7 Å². The van der Waals surface area contributed by atoms with Crippen molar-refractivity contribution in [3.05, 3.63) is 0 Å². The van der Waals surface area contributed by atoms with Gasteiger partial charge in [-0.2, -0.15) is 0 Å². The third-order valence-corrected chi connectivity index (χ3v) is 5.80. The van der Waals surface area contributed by atoms with Gasteiger partial charge in [-0.1, -0.05) is 26.2 Å². The van der Waals surface area contributed by atoms with E-state index in [2.05, 4.69) is 17.1 Å². The fourth-order valence-electron chi connectivity index (χ4n) is 4.72. The molecular formula is C17H32N2O. The van der Waals surface area contributed by atoms with Crippen LogP contribution in [-0.2, 0) is 4.74 Å². The number of morpholine rings is 1. The zero-order chi connectivity index (χ0) is 13.8. The van der Waals surface area contributed by atoms with Gasteiger partial charge >= 0.3 is 0 Å². The Bertz CT molecular complexity index is 301. The molecular weight excluding hydrogens is 248 g/mol. The Labute approximate surface area is 124 Å². The molecule has 0 aromatic carbocycles. The summed E-state index contributed by atoms with van der Waals surface area (Å²) in [6, 6.07) is 0.726. The zero-order valence-corrected chi connectivity index (χ0v) is 13.2. The van der Waals surface area contributed by atoms with Crippen LogP contribution in [0.1, 0.15) is 58.3 Å². The molecule has 0 radical (unpaired) electrons. The molecule has 2 unspecified atom stereocenters. The van der Waals surface area contributed by atoms with Gasteiger partial charge in [0.1, 0.15) is 0 Å². The van der Waals surface area contributed by atoms with Gasteiger partial charge in [0.2, 0.25) is 0 Å².